The number of para-hydroxylation sites is 1. The highest BCUT2D eigenvalue weighted by molar-refractivity contribution is 6.16. The summed E-state index contributed by atoms with van der Waals surface area (Å²) in [6, 6.07) is 40.6. The molecule has 0 aliphatic heterocycles. The number of pyridine rings is 1. The number of rotatable bonds is 10. The number of ether oxygens (including phenoxy) is 2. The number of carbonyl (C=O) groups is 2. The van der Waals surface area contributed by atoms with Crippen LogP contribution in [0.2, 0.25) is 0 Å². The summed E-state index contributed by atoms with van der Waals surface area (Å²) in [6.07, 6.45) is 1.81. The third kappa shape index (κ3) is 6.42. The van der Waals surface area contributed by atoms with Crippen molar-refractivity contribution < 1.29 is 28.7 Å². The number of aromatic carboxylic acids is 1. The predicted molar refractivity (Wildman–Crippen MR) is 206 cm³/mol. The van der Waals surface area contributed by atoms with Crippen LogP contribution in [0.4, 0.5) is 0 Å². The van der Waals surface area contributed by atoms with Crippen LogP contribution >= 0.6 is 0 Å². The van der Waals surface area contributed by atoms with Gasteiger partial charge in [-0.15, -0.1) is 0 Å². The zero-order valence-corrected chi connectivity index (χ0v) is 29.4. The molecule has 0 bridgehead atoms. The number of carboxylic acid groups (broad SMARTS) is 1. The fourth-order valence-corrected chi connectivity index (χ4v) is 6.98. The van der Waals surface area contributed by atoms with E-state index in [1.807, 2.05) is 147 Å². The molecule has 256 valence electrons. The SMILES string of the molecule is C=Cc1ccc(OCc2ccccc2)cc1-c1ccc2c(C(=O)O)c3ccccc3[n+](C)c2c1-c1ccc(C(=O)OCc2c(C)cccc2C)cc1. The number of hydrogen-bond donors (Lipinski definition) is 1. The quantitative estimate of drug-likeness (QED) is 0.0882. The molecule has 0 atom stereocenters. The lowest BCUT2D eigenvalue weighted by molar-refractivity contribution is -0.617. The Morgan fingerprint density at radius 1 is 0.750 bits per heavy atom. The average molecular weight is 685 g/mol. The molecule has 0 amide bonds. The highest BCUT2D eigenvalue weighted by atomic mass is 16.5. The molecule has 1 heterocycles. The van der Waals surface area contributed by atoms with Gasteiger partial charge in [-0.05, 0) is 94.8 Å². The van der Waals surface area contributed by atoms with E-state index >= 15 is 0 Å². The highest BCUT2D eigenvalue weighted by Crippen LogP contribution is 2.42. The van der Waals surface area contributed by atoms with Gasteiger partial charge in [0.1, 0.15) is 26.0 Å². The van der Waals surface area contributed by atoms with Crippen LogP contribution in [-0.2, 0) is 25.0 Å². The number of carboxylic acids is 1. The Balaban J connectivity index is 1.39. The van der Waals surface area contributed by atoms with Crippen LogP contribution < -0.4 is 9.30 Å². The van der Waals surface area contributed by atoms with Crippen LogP contribution in [0.3, 0.4) is 0 Å². The van der Waals surface area contributed by atoms with Gasteiger partial charge in [0.25, 0.3) is 0 Å². The lowest BCUT2D eigenvalue weighted by Crippen LogP contribution is -2.32. The van der Waals surface area contributed by atoms with Crippen molar-refractivity contribution in [1.29, 1.82) is 0 Å². The molecule has 0 spiro atoms. The average Bonchev–Trinajstić information content (AvgIpc) is 3.16. The van der Waals surface area contributed by atoms with Gasteiger partial charge in [-0.1, -0.05) is 97.6 Å². The van der Waals surface area contributed by atoms with Gasteiger partial charge in [-0.25, -0.2) is 9.59 Å². The molecule has 6 aromatic carbocycles. The molecule has 1 aromatic heterocycles. The molecule has 6 nitrogen and oxygen atoms in total. The van der Waals surface area contributed by atoms with Gasteiger partial charge in [0.2, 0.25) is 11.0 Å². The number of fused-ring (bicyclic) bond motifs is 2. The number of nitrogens with zero attached hydrogens (tertiary/aromatic N) is 1. The van der Waals surface area contributed by atoms with E-state index in [0.29, 0.717) is 28.7 Å². The molecule has 1 N–H and O–H groups in total. The van der Waals surface area contributed by atoms with Gasteiger partial charge in [0, 0.05) is 6.07 Å². The molecule has 0 saturated heterocycles. The first kappa shape index (κ1) is 33.9. The van der Waals surface area contributed by atoms with Crippen molar-refractivity contribution in [3.63, 3.8) is 0 Å². The first-order chi connectivity index (χ1) is 25.2. The lowest BCUT2D eigenvalue weighted by atomic mass is 9.87. The molecule has 0 radical (unpaired) electrons. The van der Waals surface area contributed by atoms with Crippen molar-refractivity contribution in [3.8, 4) is 28.0 Å². The third-order valence-corrected chi connectivity index (χ3v) is 9.72. The van der Waals surface area contributed by atoms with Gasteiger partial charge in [0.15, 0.2) is 0 Å². The van der Waals surface area contributed by atoms with Crippen molar-refractivity contribution >= 4 is 39.8 Å². The first-order valence-corrected chi connectivity index (χ1v) is 17.1. The van der Waals surface area contributed by atoms with Crippen LogP contribution in [0, 0.1) is 13.8 Å². The second-order valence-electron chi connectivity index (χ2n) is 12.9. The van der Waals surface area contributed by atoms with E-state index < -0.39 is 11.9 Å². The Labute approximate surface area is 302 Å². The summed E-state index contributed by atoms with van der Waals surface area (Å²) >= 11 is 0. The standard InChI is InChI=1S/C46H37NO5/c1-5-32-22-23-35(51-27-31-14-7-6-8-15-31)26-39(32)36-24-25-38-43(45(48)49)37-16-9-10-17-41(37)47(4)44(38)42(36)33-18-20-34(21-19-33)46(50)52-28-40-29(2)12-11-13-30(40)3/h5-26H,1,27-28H2,2-4H3/p+1. The largest absolute Gasteiger partial charge is 0.489 e. The molecule has 0 unspecified atom stereocenters. The molecule has 0 saturated carbocycles. The number of benzene rings is 6. The van der Waals surface area contributed by atoms with Gasteiger partial charge in [0.05, 0.1) is 27.5 Å². The topological polar surface area (TPSA) is 76.7 Å². The summed E-state index contributed by atoms with van der Waals surface area (Å²) in [4.78, 5) is 26.2. The van der Waals surface area contributed by atoms with Crippen molar-refractivity contribution in [2.24, 2.45) is 7.05 Å². The number of hydrogen-bond acceptors (Lipinski definition) is 4. The van der Waals surface area contributed by atoms with Crippen LogP contribution in [0.15, 0.2) is 134 Å². The summed E-state index contributed by atoms with van der Waals surface area (Å²) in [5.41, 5.74) is 10.6. The van der Waals surface area contributed by atoms with Crippen LogP contribution in [0.25, 0.3) is 50.1 Å². The molecule has 7 rings (SSSR count). The van der Waals surface area contributed by atoms with Crippen molar-refractivity contribution in [2.75, 3.05) is 0 Å². The van der Waals surface area contributed by atoms with Gasteiger partial charge in [-0.3, -0.25) is 0 Å². The van der Waals surface area contributed by atoms with Crippen LogP contribution in [0.1, 0.15) is 48.5 Å². The van der Waals surface area contributed by atoms with Crippen LogP contribution in [0.5, 0.6) is 5.75 Å². The Morgan fingerprint density at radius 3 is 2.17 bits per heavy atom. The number of carbonyl (C=O) groups excluding carboxylic acids is 1. The summed E-state index contributed by atoms with van der Waals surface area (Å²) in [5, 5.41) is 11.8. The van der Waals surface area contributed by atoms with E-state index in [9.17, 15) is 14.7 Å². The minimum absolute atomic E-state index is 0.181. The van der Waals surface area contributed by atoms with E-state index in [1.165, 1.54) is 0 Å². The van der Waals surface area contributed by atoms with Gasteiger partial charge >= 0.3 is 11.9 Å². The second-order valence-corrected chi connectivity index (χ2v) is 12.9. The summed E-state index contributed by atoms with van der Waals surface area (Å²) in [7, 11) is 1.96. The second kappa shape index (κ2) is 14.4. The molecule has 52 heavy (non-hydrogen) atoms. The van der Waals surface area contributed by atoms with E-state index in [1.54, 1.807) is 12.1 Å². The van der Waals surface area contributed by atoms with Crippen molar-refractivity contribution in [2.45, 2.75) is 27.1 Å². The Morgan fingerprint density at radius 2 is 1.46 bits per heavy atom. The summed E-state index contributed by atoms with van der Waals surface area (Å²) in [5.74, 6) is -0.744. The van der Waals surface area contributed by atoms with E-state index in [-0.39, 0.29) is 12.2 Å². The first-order valence-electron chi connectivity index (χ1n) is 17.1. The highest BCUT2D eigenvalue weighted by Gasteiger charge is 2.28. The third-order valence-electron chi connectivity index (χ3n) is 9.72. The Hall–Kier alpha value is -6.53. The molecule has 7 aromatic rings. The van der Waals surface area contributed by atoms with Gasteiger partial charge < -0.3 is 14.6 Å². The van der Waals surface area contributed by atoms with Crippen LogP contribution in [-0.4, -0.2) is 17.0 Å². The maximum atomic E-state index is 13.3. The normalized spacial score (nSPS) is 11.1. The van der Waals surface area contributed by atoms with Crippen molar-refractivity contribution in [1.82, 2.24) is 0 Å². The maximum Gasteiger partial charge on any atom is 0.338 e. The zero-order valence-electron chi connectivity index (χ0n) is 29.4. The van der Waals surface area contributed by atoms with E-state index in [4.69, 9.17) is 9.47 Å². The smallest absolute Gasteiger partial charge is 0.338 e. The molecule has 0 aliphatic rings. The lowest BCUT2D eigenvalue weighted by Gasteiger charge is -2.17. The zero-order chi connectivity index (χ0) is 36.4. The minimum Gasteiger partial charge on any atom is -0.489 e. The maximum absolute atomic E-state index is 13.3. The fraction of sp³-hybridized carbons (Fsp3) is 0.109. The van der Waals surface area contributed by atoms with E-state index in [2.05, 4.69) is 6.58 Å². The van der Waals surface area contributed by atoms with E-state index in [0.717, 1.165) is 61.1 Å². The fourth-order valence-electron chi connectivity index (χ4n) is 6.98. The molecule has 0 aliphatic carbocycles. The van der Waals surface area contributed by atoms with Gasteiger partial charge in [-0.2, -0.15) is 4.57 Å². The summed E-state index contributed by atoms with van der Waals surface area (Å²) in [6.45, 7) is 8.71. The molecular formula is C46H38NO5+. The molecule has 0 fully saturated rings. The number of aryl methyl sites for hydroxylation is 3. The minimum atomic E-state index is -1.01. The van der Waals surface area contributed by atoms with Crippen molar-refractivity contribution in [3.05, 3.63) is 173 Å². The number of esters is 1. The predicted octanol–water partition coefficient (Wildman–Crippen LogP) is 10.0. The Kier molecular flexibility index (Phi) is 9.38. The monoisotopic (exact) mass is 684 g/mol. The molecule has 6 heteroatoms. The summed E-state index contributed by atoms with van der Waals surface area (Å²) < 4.78 is 14.1. The Bertz CT molecular complexity index is 2480. The number of aromatic nitrogens is 1. The molecular weight excluding hydrogens is 647 g/mol.